The Morgan fingerprint density at radius 3 is 2.75 bits per heavy atom. The van der Waals surface area contributed by atoms with Gasteiger partial charge >= 0.3 is 5.00 Å². The Morgan fingerprint density at radius 2 is 2.31 bits per heavy atom. The lowest BCUT2D eigenvalue weighted by Gasteiger charge is -2.09. The highest BCUT2D eigenvalue weighted by Gasteiger charge is 2.15. The minimum absolute atomic E-state index is 0. The van der Waals surface area contributed by atoms with E-state index < -0.39 is 4.92 Å². The zero-order valence-electron chi connectivity index (χ0n) is 8.50. The standard InChI is InChI=1S/C8H11N3O3S.ClH/c1-5(4-9)10-8(12)6-2-3-7(15-6)11(13)14;/h2-3,5H,4,9H2,1H3,(H,10,12);1H/t5-;/m1./s1. The Morgan fingerprint density at radius 1 is 1.69 bits per heavy atom. The summed E-state index contributed by atoms with van der Waals surface area (Å²) in [6.45, 7) is 2.10. The van der Waals surface area contributed by atoms with Crippen molar-refractivity contribution >= 4 is 34.7 Å². The van der Waals surface area contributed by atoms with Crippen molar-refractivity contribution in [1.82, 2.24) is 5.32 Å². The molecule has 1 amide bonds. The zero-order valence-corrected chi connectivity index (χ0v) is 10.1. The SMILES string of the molecule is C[C@H](CN)NC(=O)c1ccc([N+](=O)[O-])s1.Cl. The molecule has 0 fully saturated rings. The maximum atomic E-state index is 11.5. The van der Waals surface area contributed by atoms with Gasteiger partial charge in [0.1, 0.15) is 0 Å². The van der Waals surface area contributed by atoms with Crippen LogP contribution >= 0.6 is 23.7 Å². The number of nitro groups is 1. The molecule has 1 rings (SSSR count). The van der Waals surface area contributed by atoms with Crippen LogP contribution < -0.4 is 11.1 Å². The van der Waals surface area contributed by atoms with Crippen LogP contribution in [0.1, 0.15) is 16.6 Å². The number of hydrogen-bond donors (Lipinski definition) is 2. The van der Waals surface area contributed by atoms with Gasteiger partial charge in [0.2, 0.25) is 0 Å². The summed E-state index contributed by atoms with van der Waals surface area (Å²) in [7, 11) is 0. The number of nitrogens with zero attached hydrogens (tertiary/aromatic N) is 1. The number of nitrogens with two attached hydrogens (primary N) is 1. The molecule has 8 heteroatoms. The quantitative estimate of drug-likeness (QED) is 0.630. The predicted molar refractivity (Wildman–Crippen MR) is 64.2 cm³/mol. The van der Waals surface area contributed by atoms with Gasteiger partial charge in [-0.1, -0.05) is 11.3 Å². The molecule has 0 unspecified atom stereocenters. The number of carbonyl (C=O) groups is 1. The van der Waals surface area contributed by atoms with Crippen LogP contribution in [0, 0.1) is 10.1 Å². The third-order valence-corrected chi connectivity index (χ3v) is 2.76. The number of rotatable bonds is 4. The smallest absolute Gasteiger partial charge is 0.324 e. The van der Waals surface area contributed by atoms with Crippen molar-refractivity contribution in [3.8, 4) is 0 Å². The van der Waals surface area contributed by atoms with E-state index >= 15 is 0 Å². The Labute approximate surface area is 102 Å². The zero-order chi connectivity index (χ0) is 11.4. The van der Waals surface area contributed by atoms with E-state index in [1.807, 2.05) is 0 Å². The average Bonchev–Trinajstić information content (AvgIpc) is 2.66. The van der Waals surface area contributed by atoms with Crippen LogP contribution in [0.3, 0.4) is 0 Å². The topological polar surface area (TPSA) is 98.3 Å². The van der Waals surface area contributed by atoms with Crippen molar-refractivity contribution in [2.45, 2.75) is 13.0 Å². The summed E-state index contributed by atoms with van der Waals surface area (Å²) in [5.41, 5.74) is 5.33. The second-order valence-electron chi connectivity index (χ2n) is 3.01. The van der Waals surface area contributed by atoms with E-state index in [0.717, 1.165) is 11.3 Å². The van der Waals surface area contributed by atoms with Gasteiger partial charge in [0, 0.05) is 18.7 Å². The van der Waals surface area contributed by atoms with Crippen LogP contribution in [0.2, 0.25) is 0 Å². The van der Waals surface area contributed by atoms with Crippen LogP contribution in [-0.4, -0.2) is 23.4 Å². The van der Waals surface area contributed by atoms with Gasteiger partial charge in [0.05, 0.1) is 9.80 Å². The molecule has 0 aromatic carbocycles. The van der Waals surface area contributed by atoms with Crippen molar-refractivity contribution < 1.29 is 9.72 Å². The number of halogens is 1. The van der Waals surface area contributed by atoms with E-state index in [-0.39, 0.29) is 29.4 Å². The minimum atomic E-state index is -0.520. The number of carbonyl (C=O) groups excluding carboxylic acids is 1. The first-order valence-corrected chi connectivity index (χ1v) is 5.11. The number of hydrogen-bond acceptors (Lipinski definition) is 5. The van der Waals surface area contributed by atoms with E-state index in [2.05, 4.69) is 5.32 Å². The molecule has 1 aromatic heterocycles. The Bertz CT molecular complexity index is 382. The van der Waals surface area contributed by atoms with Crippen molar-refractivity contribution in [2.75, 3.05) is 6.54 Å². The first-order valence-electron chi connectivity index (χ1n) is 4.29. The molecular formula is C8H12ClN3O3S. The van der Waals surface area contributed by atoms with E-state index in [1.165, 1.54) is 12.1 Å². The monoisotopic (exact) mass is 265 g/mol. The fraction of sp³-hybridized carbons (Fsp3) is 0.375. The van der Waals surface area contributed by atoms with Gasteiger partial charge in [-0.05, 0) is 13.0 Å². The van der Waals surface area contributed by atoms with E-state index in [0.29, 0.717) is 11.4 Å². The van der Waals surface area contributed by atoms with Gasteiger partial charge < -0.3 is 11.1 Å². The highest BCUT2D eigenvalue weighted by molar-refractivity contribution is 7.17. The predicted octanol–water partition coefficient (Wildman–Crippen LogP) is 1.16. The second kappa shape index (κ2) is 6.41. The molecule has 6 nitrogen and oxygen atoms in total. The Hall–Kier alpha value is -1.18. The van der Waals surface area contributed by atoms with Crippen LogP contribution in [0.4, 0.5) is 5.00 Å². The highest BCUT2D eigenvalue weighted by atomic mass is 35.5. The van der Waals surface area contributed by atoms with E-state index in [4.69, 9.17) is 5.73 Å². The molecule has 90 valence electrons. The molecule has 1 heterocycles. The van der Waals surface area contributed by atoms with Gasteiger partial charge in [-0.2, -0.15) is 0 Å². The maximum Gasteiger partial charge on any atom is 0.324 e. The number of amides is 1. The van der Waals surface area contributed by atoms with Gasteiger partial charge in [0.15, 0.2) is 0 Å². The van der Waals surface area contributed by atoms with Crippen molar-refractivity contribution in [3.63, 3.8) is 0 Å². The van der Waals surface area contributed by atoms with E-state index in [9.17, 15) is 14.9 Å². The minimum Gasteiger partial charge on any atom is -0.348 e. The number of thiophene rings is 1. The van der Waals surface area contributed by atoms with Crippen LogP contribution in [0.5, 0.6) is 0 Å². The largest absolute Gasteiger partial charge is 0.348 e. The Balaban J connectivity index is 0.00000225. The summed E-state index contributed by atoms with van der Waals surface area (Å²) in [5, 5.41) is 13.0. The lowest BCUT2D eigenvalue weighted by atomic mass is 10.3. The summed E-state index contributed by atoms with van der Waals surface area (Å²) in [5.74, 6) is -0.328. The van der Waals surface area contributed by atoms with Crippen LogP contribution in [-0.2, 0) is 0 Å². The maximum absolute atomic E-state index is 11.5. The molecule has 0 radical (unpaired) electrons. The molecule has 1 aromatic rings. The van der Waals surface area contributed by atoms with Gasteiger partial charge in [-0.15, -0.1) is 12.4 Å². The number of nitrogens with one attached hydrogen (secondary N) is 1. The molecule has 0 spiro atoms. The van der Waals surface area contributed by atoms with E-state index in [1.54, 1.807) is 6.92 Å². The molecule has 1 atom stereocenters. The normalized spacial score (nSPS) is 11.4. The van der Waals surface area contributed by atoms with Gasteiger partial charge in [-0.3, -0.25) is 14.9 Å². The summed E-state index contributed by atoms with van der Waals surface area (Å²) >= 11 is 0.850. The summed E-state index contributed by atoms with van der Waals surface area (Å²) in [4.78, 5) is 21.7. The van der Waals surface area contributed by atoms with Crippen LogP contribution in [0.25, 0.3) is 0 Å². The molecule has 0 saturated heterocycles. The van der Waals surface area contributed by atoms with Crippen LogP contribution in [0.15, 0.2) is 12.1 Å². The Kier molecular flexibility index (Phi) is 5.94. The fourth-order valence-electron chi connectivity index (χ4n) is 0.902. The van der Waals surface area contributed by atoms with Crippen molar-refractivity contribution in [3.05, 3.63) is 27.1 Å². The van der Waals surface area contributed by atoms with Crippen molar-refractivity contribution in [1.29, 1.82) is 0 Å². The summed E-state index contributed by atoms with van der Waals surface area (Å²) < 4.78 is 0. The average molecular weight is 266 g/mol. The summed E-state index contributed by atoms with van der Waals surface area (Å²) in [6, 6.07) is 2.60. The first kappa shape index (κ1) is 14.8. The third-order valence-electron chi connectivity index (χ3n) is 1.73. The molecule has 0 aliphatic carbocycles. The highest BCUT2D eigenvalue weighted by Crippen LogP contribution is 2.23. The fourth-order valence-corrected chi connectivity index (χ4v) is 1.63. The molecule has 16 heavy (non-hydrogen) atoms. The third kappa shape index (κ3) is 3.76. The summed E-state index contributed by atoms with van der Waals surface area (Å²) in [6.07, 6.45) is 0. The lowest BCUT2D eigenvalue weighted by Crippen LogP contribution is -2.37. The van der Waals surface area contributed by atoms with Gasteiger partial charge in [0.25, 0.3) is 5.91 Å². The molecule has 3 N–H and O–H groups in total. The molecular weight excluding hydrogens is 254 g/mol. The molecule has 0 aliphatic rings. The second-order valence-corrected chi connectivity index (χ2v) is 4.07. The molecule has 0 aliphatic heterocycles. The first-order chi connectivity index (χ1) is 7.04. The molecule has 0 bridgehead atoms. The van der Waals surface area contributed by atoms with Crippen molar-refractivity contribution in [2.24, 2.45) is 5.73 Å². The molecule has 0 saturated carbocycles. The van der Waals surface area contributed by atoms with Gasteiger partial charge in [-0.25, -0.2) is 0 Å². The lowest BCUT2D eigenvalue weighted by molar-refractivity contribution is -0.380.